The molecule has 1 aromatic carbocycles. The van der Waals surface area contributed by atoms with Crippen molar-refractivity contribution in [2.75, 3.05) is 0 Å². The van der Waals surface area contributed by atoms with Crippen LogP contribution in [0, 0.1) is 0 Å². The number of carbonyl (C=O) groups excluding carboxylic acids is 1. The van der Waals surface area contributed by atoms with Crippen LogP contribution in [0.15, 0.2) is 66.0 Å². The summed E-state index contributed by atoms with van der Waals surface area (Å²) in [5.74, 6) is -0.525. The molecule has 0 atom stereocenters. The Kier molecular flexibility index (Phi) is 4.21. The van der Waals surface area contributed by atoms with Gasteiger partial charge in [0.2, 0.25) is 5.91 Å². The smallest absolute Gasteiger partial charge is 0.273 e. The molecule has 0 unspecified atom stereocenters. The maximum absolute atomic E-state index is 12.8. The molecule has 152 valence electrons. The zero-order chi connectivity index (χ0) is 21.5. The highest BCUT2D eigenvalue weighted by atomic mass is 16.1. The van der Waals surface area contributed by atoms with Gasteiger partial charge in [0.25, 0.3) is 5.56 Å². The van der Waals surface area contributed by atoms with E-state index >= 15 is 0 Å². The normalized spacial score (nSPS) is 11.1. The van der Waals surface area contributed by atoms with Crippen LogP contribution in [0.25, 0.3) is 44.5 Å². The minimum atomic E-state index is -0.525. The van der Waals surface area contributed by atoms with Crippen LogP contribution < -0.4 is 11.3 Å². The van der Waals surface area contributed by atoms with Crippen LogP contribution in [-0.4, -0.2) is 35.9 Å². The van der Waals surface area contributed by atoms with Gasteiger partial charge in [-0.3, -0.25) is 19.3 Å². The number of hydrogen-bond donors (Lipinski definition) is 3. The quantitative estimate of drug-likeness (QED) is 0.417. The molecule has 0 radical (unpaired) electrons. The summed E-state index contributed by atoms with van der Waals surface area (Å²) in [6.07, 6.45) is 6.89. The number of aromatic nitrogens is 6. The third kappa shape index (κ3) is 3.18. The zero-order valence-corrected chi connectivity index (χ0v) is 16.5. The Morgan fingerprint density at radius 1 is 1.10 bits per heavy atom. The average Bonchev–Trinajstić information content (AvgIpc) is 3.37. The van der Waals surface area contributed by atoms with Crippen molar-refractivity contribution in [1.82, 2.24) is 29.9 Å². The van der Waals surface area contributed by atoms with E-state index < -0.39 is 5.91 Å². The van der Waals surface area contributed by atoms with Gasteiger partial charge in [-0.15, -0.1) is 0 Å². The Hall–Kier alpha value is -4.53. The van der Waals surface area contributed by atoms with Crippen LogP contribution in [0.5, 0.6) is 0 Å². The van der Waals surface area contributed by atoms with Crippen molar-refractivity contribution in [2.24, 2.45) is 12.8 Å². The Balaban J connectivity index is 1.81. The van der Waals surface area contributed by atoms with Gasteiger partial charge in [0, 0.05) is 58.8 Å². The molecule has 5 rings (SSSR count). The summed E-state index contributed by atoms with van der Waals surface area (Å²) in [7, 11) is 1.81. The van der Waals surface area contributed by atoms with Crippen molar-refractivity contribution in [3.05, 3.63) is 77.1 Å². The predicted octanol–water partition coefficient (Wildman–Crippen LogP) is 2.48. The second kappa shape index (κ2) is 7.06. The highest BCUT2D eigenvalue weighted by molar-refractivity contribution is 6.07. The Labute approximate surface area is 175 Å². The second-order valence-corrected chi connectivity index (χ2v) is 7.13. The van der Waals surface area contributed by atoms with Crippen molar-refractivity contribution in [3.63, 3.8) is 0 Å². The molecule has 0 bridgehead atoms. The summed E-state index contributed by atoms with van der Waals surface area (Å²) >= 11 is 0. The number of nitrogens with zero attached hydrogens (tertiary/aromatic N) is 4. The number of hydrogen-bond acceptors (Lipinski definition) is 5. The van der Waals surface area contributed by atoms with Crippen molar-refractivity contribution in [2.45, 2.75) is 0 Å². The van der Waals surface area contributed by atoms with E-state index in [0.29, 0.717) is 22.5 Å². The monoisotopic (exact) mass is 411 g/mol. The number of primary amides is 1. The van der Waals surface area contributed by atoms with Gasteiger partial charge in [0.1, 0.15) is 0 Å². The van der Waals surface area contributed by atoms with Crippen LogP contribution >= 0.6 is 0 Å². The molecule has 9 nitrogen and oxygen atoms in total. The first-order chi connectivity index (χ1) is 15.0. The van der Waals surface area contributed by atoms with Crippen LogP contribution in [0.1, 0.15) is 10.4 Å². The molecular weight excluding hydrogens is 394 g/mol. The molecule has 0 spiro atoms. The van der Waals surface area contributed by atoms with E-state index in [-0.39, 0.29) is 5.56 Å². The molecule has 4 aromatic heterocycles. The fourth-order valence-electron chi connectivity index (χ4n) is 3.66. The van der Waals surface area contributed by atoms with Gasteiger partial charge in [-0.05, 0) is 36.4 Å². The first kappa shape index (κ1) is 18.5. The summed E-state index contributed by atoms with van der Waals surface area (Å²) in [5.41, 5.74) is 10.3. The van der Waals surface area contributed by atoms with E-state index in [2.05, 4.69) is 25.3 Å². The maximum atomic E-state index is 12.8. The molecule has 5 aromatic rings. The minimum Gasteiger partial charge on any atom is -0.366 e. The van der Waals surface area contributed by atoms with E-state index in [4.69, 9.17) is 5.73 Å². The van der Waals surface area contributed by atoms with Gasteiger partial charge < -0.3 is 10.7 Å². The molecule has 0 aliphatic heterocycles. The highest BCUT2D eigenvalue weighted by Crippen LogP contribution is 2.38. The molecule has 4 heterocycles. The van der Waals surface area contributed by atoms with Crippen molar-refractivity contribution in [3.8, 4) is 33.6 Å². The number of aryl methyl sites for hydroxylation is 1. The maximum Gasteiger partial charge on any atom is 0.273 e. The Morgan fingerprint density at radius 3 is 2.61 bits per heavy atom. The number of nitrogens with one attached hydrogen (secondary N) is 2. The van der Waals surface area contributed by atoms with Crippen LogP contribution in [0.4, 0.5) is 0 Å². The second-order valence-electron chi connectivity index (χ2n) is 7.13. The minimum absolute atomic E-state index is 0.343. The third-order valence-electron chi connectivity index (χ3n) is 5.13. The van der Waals surface area contributed by atoms with Crippen LogP contribution in [0.3, 0.4) is 0 Å². The SMILES string of the molecule is Cn1cc(-c2c(-c3cc(-c4ccncc4)n[nH]c3=O)[nH]c3ccc(C(N)=O)cc23)cn1. The predicted molar refractivity (Wildman–Crippen MR) is 116 cm³/mol. The first-order valence-electron chi connectivity index (χ1n) is 9.46. The third-order valence-corrected chi connectivity index (χ3v) is 5.13. The number of benzene rings is 1. The Morgan fingerprint density at radius 2 is 1.90 bits per heavy atom. The van der Waals surface area contributed by atoms with Crippen molar-refractivity contribution in [1.29, 1.82) is 0 Å². The van der Waals surface area contributed by atoms with E-state index in [9.17, 15) is 9.59 Å². The summed E-state index contributed by atoms with van der Waals surface area (Å²) in [4.78, 5) is 31.9. The van der Waals surface area contributed by atoms with Gasteiger partial charge in [0.05, 0.1) is 23.1 Å². The molecule has 31 heavy (non-hydrogen) atoms. The van der Waals surface area contributed by atoms with E-state index in [1.54, 1.807) is 47.5 Å². The largest absolute Gasteiger partial charge is 0.366 e. The standard InChI is InChI=1S/C22H17N7O2/c1-29-11-14(10-25-29)19-15-8-13(21(23)30)2-3-17(15)26-20(19)16-9-18(27-28-22(16)31)12-4-6-24-7-5-12/h2-11,26H,1H3,(H2,23,30)(H,28,31). The molecule has 4 N–H and O–H groups in total. The zero-order valence-electron chi connectivity index (χ0n) is 16.5. The summed E-state index contributed by atoms with van der Waals surface area (Å²) < 4.78 is 1.68. The fourth-order valence-corrected chi connectivity index (χ4v) is 3.66. The molecule has 0 fully saturated rings. The number of rotatable bonds is 4. The van der Waals surface area contributed by atoms with E-state index in [1.165, 1.54) is 0 Å². The topological polar surface area (TPSA) is 135 Å². The number of pyridine rings is 1. The summed E-state index contributed by atoms with van der Waals surface area (Å²) in [6, 6.07) is 10.5. The first-order valence-corrected chi connectivity index (χ1v) is 9.46. The molecular formula is C22H17N7O2. The van der Waals surface area contributed by atoms with Gasteiger partial charge >= 0.3 is 0 Å². The van der Waals surface area contributed by atoms with Gasteiger partial charge in [-0.1, -0.05) is 0 Å². The lowest BCUT2D eigenvalue weighted by Gasteiger charge is -2.05. The van der Waals surface area contributed by atoms with E-state index in [0.717, 1.165) is 27.6 Å². The number of fused-ring (bicyclic) bond motifs is 1. The van der Waals surface area contributed by atoms with E-state index in [1.807, 2.05) is 25.4 Å². The van der Waals surface area contributed by atoms with Crippen LogP contribution in [-0.2, 0) is 7.05 Å². The number of nitrogens with two attached hydrogens (primary N) is 1. The highest BCUT2D eigenvalue weighted by Gasteiger charge is 2.20. The number of H-pyrrole nitrogens is 2. The molecule has 0 aliphatic rings. The fraction of sp³-hybridized carbons (Fsp3) is 0.0455. The lowest BCUT2D eigenvalue weighted by atomic mass is 9.99. The van der Waals surface area contributed by atoms with Crippen LogP contribution in [0.2, 0.25) is 0 Å². The van der Waals surface area contributed by atoms with Gasteiger partial charge in [-0.25, -0.2) is 5.10 Å². The van der Waals surface area contributed by atoms with Gasteiger partial charge in [0.15, 0.2) is 0 Å². The molecule has 0 saturated heterocycles. The lowest BCUT2D eigenvalue weighted by Crippen LogP contribution is -2.12. The summed E-state index contributed by atoms with van der Waals surface area (Å²) in [6.45, 7) is 0. The molecule has 1 amide bonds. The Bertz CT molecular complexity index is 1500. The number of aromatic amines is 2. The molecule has 0 aliphatic carbocycles. The number of carbonyl (C=O) groups is 1. The van der Waals surface area contributed by atoms with Gasteiger partial charge in [-0.2, -0.15) is 10.2 Å². The van der Waals surface area contributed by atoms with Crippen molar-refractivity contribution < 1.29 is 4.79 Å². The lowest BCUT2D eigenvalue weighted by molar-refractivity contribution is 0.100. The van der Waals surface area contributed by atoms with Crippen molar-refractivity contribution >= 4 is 16.8 Å². The molecule has 9 heteroatoms. The average molecular weight is 411 g/mol. The summed E-state index contributed by atoms with van der Waals surface area (Å²) in [5, 5.41) is 11.8. The number of amides is 1. The molecule has 0 saturated carbocycles.